The van der Waals surface area contributed by atoms with Crippen molar-refractivity contribution in [1.82, 2.24) is 20.5 Å². The molecule has 0 bridgehead atoms. The number of ether oxygens (including phenoxy) is 2. The largest absolute Gasteiger partial charge is 0.489 e. The summed E-state index contributed by atoms with van der Waals surface area (Å²) in [5, 5.41) is 14.0. The van der Waals surface area contributed by atoms with E-state index in [9.17, 15) is 4.79 Å². The van der Waals surface area contributed by atoms with Crippen LogP contribution < -0.4 is 15.4 Å². The summed E-state index contributed by atoms with van der Waals surface area (Å²) in [5.74, 6) is 2.04. The van der Waals surface area contributed by atoms with Crippen LogP contribution in [0.3, 0.4) is 0 Å². The molecule has 5 rings (SSSR count). The zero-order chi connectivity index (χ0) is 29.9. The minimum atomic E-state index is -0.431. The molecule has 0 radical (unpaired) electrons. The lowest BCUT2D eigenvalue weighted by atomic mass is 10.0. The molecule has 8 heteroatoms. The zero-order valence-electron chi connectivity index (χ0n) is 24.5. The third-order valence-corrected chi connectivity index (χ3v) is 7.06. The number of nitrogens with one attached hydrogen (secondary N) is 3. The molecule has 3 aromatic carbocycles. The van der Waals surface area contributed by atoms with Crippen LogP contribution in [-0.2, 0) is 18.0 Å². The molecule has 2 heterocycles. The van der Waals surface area contributed by atoms with E-state index in [1.165, 1.54) is 5.56 Å². The predicted molar refractivity (Wildman–Crippen MR) is 170 cm³/mol. The van der Waals surface area contributed by atoms with E-state index in [0.717, 1.165) is 45.1 Å². The number of anilines is 1. The predicted octanol–water partition coefficient (Wildman–Crippen LogP) is 7.57. The summed E-state index contributed by atoms with van der Waals surface area (Å²) in [4.78, 5) is 16.2. The lowest BCUT2D eigenvalue weighted by Crippen LogP contribution is -2.26. The van der Waals surface area contributed by atoms with Crippen LogP contribution in [0.15, 0.2) is 103 Å². The quantitative estimate of drug-likeness (QED) is 0.125. The number of hydrogen-bond donors (Lipinski definition) is 3. The van der Waals surface area contributed by atoms with Gasteiger partial charge in [0, 0.05) is 31.0 Å². The van der Waals surface area contributed by atoms with Crippen LogP contribution in [0.2, 0.25) is 0 Å². The van der Waals surface area contributed by atoms with E-state index in [1.54, 1.807) is 12.4 Å². The molecule has 0 unspecified atom stereocenters. The monoisotopic (exact) mass is 575 g/mol. The molecule has 8 nitrogen and oxygen atoms in total. The average Bonchev–Trinajstić information content (AvgIpc) is 3.48. The Morgan fingerprint density at radius 1 is 0.814 bits per heavy atom. The standard InChI is InChI=1S/C35H37N5O3/c1-25(2)28-11-9-27(10-12-28)23-42-31-15-13-29(14-16-31)32-33(30-17-21-36-22-18-30)39-40-34(32)37-19-6-20-38-35(41)43-24-26-7-4-3-5-8-26/h3-5,7-18,21-22,25H,6,19-20,23-24H2,1-2H3,(H,38,41)(H2,37,39,40). The lowest BCUT2D eigenvalue weighted by Gasteiger charge is -2.11. The van der Waals surface area contributed by atoms with Gasteiger partial charge in [-0.1, -0.05) is 80.6 Å². The Hall–Kier alpha value is -5.11. The van der Waals surface area contributed by atoms with Gasteiger partial charge in [0.05, 0.1) is 11.3 Å². The molecule has 220 valence electrons. The highest BCUT2D eigenvalue weighted by Gasteiger charge is 2.17. The summed E-state index contributed by atoms with van der Waals surface area (Å²) in [6.07, 6.45) is 3.79. The molecule has 2 aromatic heterocycles. The highest BCUT2D eigenvalue weighted by molar-refractivity contribution is 5.88. The van der Waals surface area contributed by atoms with E-state index < -0.39 is 6.09 Å². The summed E-state index contributed by atoms with van der Waals surface area (Å²) < 4.78 is 11.4. The molecule has 0 aliphatic carbocycles. The van der Waals surface area contributed by atoms with Crippen molar-refractivity contribution >= 4 is 11.9 Å². The Labute approximate surface area is 252 Å². The van der Waals surface area contributed by atoms with Crippen molar-refractivity contribution in [2.45, 2.75) is 39.4 Å². The van der Waals surface area contributed by atoms with Gasteiger partial charge in [0.2, 0.25) is 0 Å². The first-order chi connectivity index (χ1) is 21.1. The number of aromatic nitrogens is 3. The van der Waals surface area contributed by atoms with E-state index in [1.807, 2.05) is 66.7 Å². The maximum atomic E-state index is 12.1. The second-order valence-corrected chi connectivity index (χ2v) is 10.5. The van der Waals surface area contributed by atoms with Crippen molar-refractivity contribution in [2.24, 2.45) is 0 Å². The van der Waals surface area contributed by atoms with Gasteiger partial charge in [-0.25, -0.2) is 4.79 Å². The normalized spacial score (nSPS) is 10.9. The van der Waals surface area contributed by atoms with Gasteiger partial charge in [-0.15, -0.1) is 0 Å². The van der Waals surface area contributed by atoms with Crippen LogP contribution in [-0.4, -0.2) is 34.4 Å². The molecule has 0 aliphatic rings. The number of nitrogens with zero attached hydrogens (tertiary/aromatic N) is 2. The van der Waals surface area contributed by atoms with Crippen LogP contribution in [0.4, 0.5) is 10.6 Å². The van der Waals surface area contributed by atoms with Crippen molar-refractivity contribution in [3.8, 4) is 28.1 Å². The topological polar surface area (TPSA) is 101 Å². The van der Waals surface area contributed by atoms with Crippen molar-refractivity contribution in [3.63, 3.8) is 0 Å². The van der Waals surface area contributed by atoms with Gasteiger partial charge in [-0.05, 0) is 58.9 Å². The van der Waals surface area contributed by atoms with Crippen molar-refractivity contribution < 1.29 is 14.3 Å². The smallest absolute Gasteiger partial charge is 0.407 e. The molecule has 0 saturated carbocycles. The average molecular weight is 576 g/mol. The Morgan fingerprint density at radius 2 is 1.53 bits per heavy atom. The molecule has 0 aliphatic heterocycles. The molecule has 0 saturated heterocycles. The first-order valence-corrected chi connectivity index (χ1v) is 14.6. The Morgan fingerprint density at radius 3 is 2.26 bits per heavy atom. The highest BCUT2D eigenvalue weighted by Crippen LogP contribution is 2.36. The first-order valence-electron chi connectivity index (χ1n) is 14.6. The summed E-state index contributed by atoms with van der Waals surface area (Å²) in [6, 6.07) is 30.1. The van der Waals surface area contributed by atoms with Gasteiger partial charge < -0.3 is 20.1 Å². The molecular formula is C35H37N5O3. The van der Waals surface area contributed by atoms with Crippen LogP contribution in [0.5, 0.6) is 5.75 Å². The fraction of sp³-hybridized carbons (Fsp3) is 0.229. The van der Waals surface area contributed by atoms with Gasteiger partial charge in [0.25, 0.3) is 0 Å². The zero-order valence-corrected chi connectivity index (χ0v) is 24.5. The number of rotatable bonds is 13. The van der Waals surface area contributed by atoms with Gasteiger partial charge in [0.15, 0.2) is 5.82 Å². The lowest BCUT2D eigenvalue weighted by molar-refractivity contribution is 0.139. The number of carbonyl (C=O) groups excluding carboxylic acids is 1. The summed E-state index contributed by atoms with van der Waals surface area (Å²) >= 11 is 0. The van der Waals surface area contributed by atoms with Crippen LogP contribution in [0.1, 0.15) is 42.9 Å². The highest BCUT2D eigenvalue weighted by atomic mass is 16.5. The van der Waals surface area contributed by atoms with Crippen LogP contribution in [0, 0.1) is 0 Å². The number of amides is 1. The molecule has 43 heavy (non-hydrogen) atoms. The van der Waals surface area contributed by atoms with E-state index in [4.69, 9.17) is 9.47 Å². The molecule has 3 N–H and O–H groups in total. The molecule has 0 spiro atoms. The fourth-order valence-electron chi connectivity index (χ4n) is 4.62. The summed E-state index contributed by atoms with van der Waals surface area (Å²) in [7, 11) is 0. The molecule has 0 atom stereocenters. The summed E-state index contributed by atoms with van der Waals surface area (Å²) in [5.41, 5.74) is 7.24. The Bertz CT molecular complexity index is 1570. The fourth-order valence-corrected chi connectivity index (χ4v) is 4.62. The van der Waals surface area contributed by atoms with Crippen molar-refractivity contribution in [3.05, 3.63) is 120 Å². The molecular weight excluding hydrogens is 538 g/mol. The van der Waals surface area contributed by atoms with E-state index in [2.05, 4.69) is 63.9 Å². The van der Waals surface area contributed by atoms with Crippen LogP contribution >= 0.6 is 0 Å². The number of benzene rings is 3. The van der Waals surface area contributed by atoms with Gasteiger partial charge >= 0.3 is 6.09 Å². The minimum Gasteiger partial charge on any atom is -0.489 e. The SMILES string of the molecule is CC(C)c1ccc(COc2ccc(-c3c(NCCCNC(=O)OCc4ccccc4)n[nH]c3-c3ccncc3)cc2)cc1. The van der Waals surface area contributed by atoms with Gasteiger partial charge in [-0.2, -0.15) is 5.10 Å². The number of alkyl carbamates (subject to hydrolysis) is 1. The third-order valence-electron chi connectivity index (χ3n) is 7.06. The maximum absolute atomic E-state index is 12.1. The van der Waals surface area contributed by atoms with Gasteiger partial charge in [0.1, 0.15) is 19.0 Å². The number of pyridine rings is 1. The second kappa shape index (κ2) is 14.7. The molecule has 5 aromatic rings. The number of aromatic amines is 1. The molecule has 0 fully saturated rings. The first kappa shape index (κ1) is 29.4. The van der Waals surface area contributed by atoms with Crippen molar-refractivity contribution in [1.29, 1.82) is 0 Å². The van der Waals surface area contributed by atoms with E-state index in [0.29, 0.717) is 32.0 Å². The minimum absolute atomic E-state index is 0.245. The number of H-pyrrole nitrogens is 1. The van der Waals surface area contributed by atoms with Crippen molar-refractivity contribution in [2.75, 3.05) is 18.4 Å². The Kier molecular flexibility index (Phi) is 10.0. The third kappa shape index (κ3) is 8.23. The summed E-state index contributed by atoms with van der Waals surface area (Å²) in [6.45, 7) is 6.23. The van der Waals surface area contributed by atoms with E-state index in [-0.39, 0.29) is 6.61 Å². The van der Waals surface area contributed by atoms with Gasteiger partial charge in [-0.3, -0.25) is 10.1 Å². The molecule has 1 amide bonds. The Balaban J connectivity index is 1.19. The second-order valence-electron chi connectivity index (χ2n) is 10.5. The number of carbonyl (C=O) groups is 1. The van der Waals surface area contributed by atoms with Crippen LogP contribution in [0.25, 0.3) is 22.4 Å². The maximum Gasteiger partial charge on any atom is 0.407 e. The number of hydrogen-bond acceptors (Lipinski definition) is 6. The van der Waals surface area contributed by atoms with E-state index >= 15 is 0 Å².